The molecular formula is C26H35NO5. The minimum Gasteiger partial charge on any atom is -0.489 e. The van der Waals surface area contributed by atoms with Gasteiger partial charge in [-0.25, -0.2) is 4.79 Å². The number of ketones is 1. The summed E-state index contributed by atoms with van der Waals surface area (Å²) in [5, 5.41) is 10.6. The zero-order chi connectivity index (χ0) is 23.7. The predicted octanol–water partition coefficient (Wildman–Crippen LogP) is 5.33. The number of hydrogen-bond acceptors (Lipinski definition) is 5. The average molecular weight is 442 g/mol. The van der Waals surface area contributed by atoms with Crippen LogP contribution in [0.15, 0.2) is 48.5 Å². The van der Waals surface area contributed by atoms with Gasteiger partial charge < -0.3 is 19.5 Å². The summed E-state index contributed by atoms with van der Waals surface area (Å²) in [7, 11) is 0. The maximum atomic E-state index is 12.5. The lowest BCUT2D eigenvalue weighted by Crippen LogP contribution is -2.43. The van der Waals surface area contributed by atoms with E-state index in [0.29, 0.717) is 24.3 Å². The monoisotopic (exact) mass is 441 g/mol. The fourth-order valence-corrected chi connectivity index (χ4v) is 3.29. The Balaban J connectivity index is 2.21. The number of nitrogens with zero attached hydrogens (tertiary/aromatic N) is 1. The number of carbonyl (C=O) groups is 2. The molecular weight excluding hydrogens is 406 g/mol. The summed E-state index contributed by atoms with van der Waals surface area (Å²) >= 11 is 0. The highest BCUT2D eigenvalue weighted by molar-refractivity contribution is 6.00. The highest BCUT2D eigenvalue weighted by atomic mass is 16.6. The van der Waals surface area contributed by atoms with E-state index < -0.39 is 17.8 Å². The second-order valence-electron chi connectivity index (χ2n) is 8.72. The van der Waals surface area contributed by atoms with Crippen LogP contribution in [0.25, 0.3) is 11.1 Å². The van der Waals surface area contributed by atoms with Crippen LogP contribution in [-0.4, -0.2) is 53.3 Å². The minimum absolute atomic E-state index is 0.0337. The largest absolute Gasteiger partial charge is 0.489 e. The molecule has 0 bridgehead atoms. The number of ether oxygens (including phenoxy) is 2. The number of aliphatic hydroxyl groups excluding tert-OH is 1. The number of aliphatic hydroxyl groups is 1. The Bertz CT molecular complexity index is 889. The van der Waals surface area contributed by atoms with Crippen LogP contribution in [0.5, 0.6) is 5.75 Å². The van der Waals surface area contributed by atoms with Gasteiger partial charge in [-0.15, -0.1) is 0 Å². The lowest BCUT2D eigenvalue weighted by molar-refractivity contribution is 0.00921. The van der Waals surface area contributed by atoms with Gasteiger partial charge in [0.2, 0.25) is 0 Å². The Labute approximate surface area is 191 Å². The van der Waals surface area contributed by atoms with Crippen LogP contribution in [0.4, 0.5) is 4.79 Å². The SMILES string of the molecule is CCCN(CC(O)COc1c(C(=O)CC)cccc1-c1ccccc1)C(=O)OC(C)(C)C. The van der Waals surface area contributed by atoms with E-state index >= 15 is 0 Å². The third-order valence-corrected chi connectivity index (χ3v) is 4.72. The Morgan fingerprint density at radius 3 is 2.31 bits per heavy atom. The summed E-state index contributed by atoms with van der Waals surface area (Å²) in [4.78, 5) is 26.5. The van der Waals surface area contributed by atoms with Gasteiger partial charge in [-0.3, -0.25) is 4.79 Å². The zero-order valence-corrected chi connectivity index (χ0v) is 19.8. The maximum Gasteiger partial charge on any atom is 0.410 e. The van der Waals surface area contributed by atoms with E-state index in [1.807, 2.05) is 49.4 Å². The summed E-state index contributed by atoms with van der Waals surface area (Å²) in [6.07, 6.45) is -0.328. The van der Waals surface area contributed by atoms with Gasteiger partial charge in [-0.1, -0.05) is 56.3 Å². The number of hydrogen-bond donors (Lipinski definition) is 1. The first-order valence-electron chi connectivity index (χ1n) is 11.2. The van der Waals surface area contributed by atoms with Crippen molar-refractivity contribution in [1.82, 2.24) is 4.90 Å². The molecule has 6 nitrogen and oxygen atoms in total. The van der Waals surface area contributed by atoms with E-state index in [0.717, 1.165) is 17.5 Å². The highest BCUT2D eigenvalue weighted by Gasteiger charge is 2.24. The molecule has 0 aliphatic carbocycles. The summed E-state index contributed by atoms with van der Waals surface area (Å²) in [6.45, 7) is 9.67. The van der Waals surface area contributed by atoms with E-state index in [1.54, 1.807) is 33.8 Å². The van der Waals surface area contributed by atoms with Crippen molar-refractivity contribution < 1.29 is 24.2 Å². The molecule has 1 unspecified atom stereocenters. The molecule has 0 radical (unpaired) electrons. The molecule has 174 valence electrons. The molecule has 0 aliphatic rings. The van der Waals surface area contributed by atoms with Gasteiger partial charge in [0.1, 0.15) is 24.1 Å². The first-order valence-corrected chi connectivity index (χ1v) is 11.2. The molecule has 0 saturated carbocycles. The van der Waals surface area contributed by atoms with Crippen molar-refractivity contribution in [2.75, 3.05) is 19.7 Å². The van der Waals surface area contributed by atoms with Crippen molar-refractivity contribution in [3.63, 3.8) is 0 Å². The van der Waals surface area contributed by atoms with Gasteiger partial charge in [0.15, 0.2) is 5.78 Å². The molecule has 0 saturated heterocycles. The van der Waals surface area contributed by atoms with Crippen LogP contribution in [0, 0.1) is 0 Å². The summed E-state index contributed by atoms with van der Waals surface area (Å²) < 4.78 is 11.5. The third-order valence-electron chi connectivity index (χ3n) is 4.72. The number of benzene rings is 2. The van der Waals surface area contributed by atoms with Crippen LogP contribution >= 0.6 is 0 Å². The number of Topliss-reactive ketones (excluding diaryl/α,β-unsaturated/α-hetero) is 1. The summed E-state index contributed by atoms with van der Waals surface area (Å²) in [6, 6.07) is 15.1. The summed E-state index contributed by atoms with van der Waals surface area (Å²) in [5.41, 5.74) is 1.58. The predicted molar refractivity (Wildman–Crippen MR) is 126 cm³/mol. The van der Waals surface area contributed by atoms with Crippen molar-refractivity contribution in [1.29, 1.82) is 0 Å². The van der Waals surface area contributed by atoms with Gasteiger partial charge in [0.05, 0.1) is 12.1 Å². The summed E-state index contributed by atoms with van der Waals surface area (Å²) in [5.74, 6) is 0.414. The van der Waals surface area contributed by atoms with Crippen molar-refractivity contribution in [3.8, 4) is 16.9 Å². The molecule has 32 heavy (non-hydrogen) atoms. The van der Waals surface area contributed by atoms with E-state index in [9.17, 15) is 14.7 Å². The lowest BCUT2D eigenvalue weighted by atomic mass is 9.98. The topological polar surface area (TPSA) is 76.1 Å². The molecule has 1 N–H and O–H groups in total. The van der Waals surface area contributed by atoms with Crippen LogP contribution in [0.2, 0.25) is 0 Å². The number of amides is 1. The fourth-order valence-electron chi connectivity index (χ4n) is 3.29. The molecule has 2 rings (SSSR count). The van der Waals surface area contributed by atoms with Crippen LogP contribution < -0.4 is 4.74 Å². The molecule has 2 aromatic rings. The van der Waals surface area contributed by atoms with Crippen LogP contribution in [0.1, 0.15) is 57.8 Å². The van der Waals surface area contributed by atoms with Crippen molar-refractivity contribution in [2.45, 2.75) is 59.2 Å². The Kier molecular flexibility index (Phi) is 9.27. The molecule has 0 spiro atoms. The minimum atomic E-state index is -0.942. The van der Waals surface area contributed by atoms with Crippen molar-refractivity contribution >= 4 is 11.9 Å². The quantitative estimate of drug-likeness (QED) is 0.504. The number of carbonyl (C=O) groups excluding carboxylic acids is 2. The normalized spacial score (nSPS) is 12.2. The Morgan fingerprint density at radius 1 is 1.03 bits per heavy atom. The smallest absolute Gasteiger partial charge is 0.410 e. The standard InChI is InChI=1S/C26H35NO5/c1-6-16-27(25(30)32-26(3,4)5)17-20(28)18-31-24-21(19-12-9-8-10-13-19)14-11-15-22(24)23(29)7-2/h8-15,20,28H,6-7,16-18H2,1-5H3. The molecule has 0 fully saturated rings. The van der Waals surface area contributed by atoms with Gasteiger partial charge in [-0.2, -0.15) is 0 Å². The first-order chi connectivity index (χ1) is 15.2. The van der Waals surface area contributed by atoms with E-state index in [2.05, 4.69) is 0 Å². The average Bonchev–Trinajstić information content (AvgIpc) is 2.76. The van der Waals surface area contributed by atoms with E-state index in [4.69, 9.17) is 9.47 Å². The highest BCUT2D eigenvalue weighted by Crippen LogP contribution is 2.34. The van der Waals surface area contributed by atoms with Gasteiger partial charge in [0, 0.05) is 18.5 Å². The molecule has 2 aromatic carbocycles. The molecule has 6 heteroatoms. The van der Waals surface area contributed by atoms with Crippen molar-refractivity contribution in [2.24, 2.45) is 0 Å². The molecule has 0 heterocycles. The van der Waals surface area contributed by atoms with Gasteiger partial charge in [-0.05, 0) is 38.8 Å². The molecule has 0 aromatic heterocycles. The first kappa shape index (κ1) is 25.4. The second kappa shape index (κ2) is 11.7. The number of rotatable bonds is 10. The third kappa shape index (κ3) is 7.38. The van der Waals surface area contributed by atoms with Crippen LogP contribution in [-0.2, 0) is 4.74 Å². The van der Waals surface area contributed by atoms with Gasteiger partial charge in [0.25, 0.3) is 0 Å². The molecule has 0 aliphatic heterocycles. The van der Waals surface area contributed by atoms with Crippen LogP contribution in [0.3, 0.4) is 0 Å². The maximum absolute atomic E-state index is 12.5. The molecule has 1 atom stereocenters. The zero-order valence-electron chi connectivity index (χ0n) is 19.8. The lowest BCUT2D eigenvalue weighted by Gasteiger charge is -2.28. The second-order valence-corrected chi connectivity index (χ2v) is 8.72. The molecule has 1 amide bonds. The number of para-hydroxylation sites is 1. The van der Waals surface area contributed by atoms with Crippen molar-refractivity contribution in [3.05, 3.63) is 54.1 Å². The van der Waals surface area contributed by atoms with E-state index in [1.165, 1.54) is 4.90 Å². The van der Waals surface area contributed by atoms with E-state index in [-0.39, 0.29) is 18.9 Å². The fraction of sp³-hybridized carbons (Fsp3) is 0.462. The van der Waals surface area contributed by atoms with Gasteiger partial charge >= 0.3 is 6.09 Å². The Hall–Kier alpha value is -2.86. The Morgan fingerprint density at radius 2 is 1.72 bits per heavy atom.